The average molecular weight is 156 g/mol. The number of rotatable bonds is 6. The van der Waals surface area contributed by atoms with Crippen LogP contribution in [0.1, 0.15) is 46.0 Å². The summed E-state index contributed by atoms with van der Waals surface area (Å²) in [5.74, 6) is 0. The first-order chi connectivity index (χ1) is 5.33. The molecule has 11 heavy (non-hydrogen) atoms. The number of hydrogen-bond acceptors (Lipinski definition) is 1. The maximum Gasteiger partial charge on any atom is 0.0522 e. The van der Waals surface area contributed by atoms with Gasteiger partial charge in [0.1, 0.15) is 0 Å². The van der Waals surface area contributed by atoms with Gasteiger partial charge in [-0.2, -0.15) is 0 Å². The highest BCUT2D eigenvalue weighted by Crippen LogP contribution is 2.48. The van der Waals surface area contributed by atoms with Gasteiger partial charge < -0.3 is 4.74 Å². The van der Waals surface area contributed by atoms with Crippen molar-refractivity contribution in [3.8, 4) is 0 Å². The van der Waals surface area contributed by atoms with Gasteiger partial charge in [0.25, 0.3) is 0 Å². The van der Waals surface area contributed by atoms with Crippen molar-refractivity contribution in [3.63, 3.8) is 0 Å². The predicted molar refractivity (Wildman–Crippen MR) is 47.7 cm³/mol. The van der Waals surface area contributed by atoms with Crippen LogP contribution in [0, 0.1) is 5.41 Å². The first-order valence-corrected chi connectivity index (χ1v) is 4.91. The lowest BCUT2D eigenvalue weighted by Gasteiger charge is -2.11. The summed E-state index contributed by atoms with van der Waals surface area (Å²) in [6.07, 6.45) is 6.57. The summed E-state index contributed by atoms with van der Waals surface area (Å²) in [5, 5.41) is 0. The Kier molecular flexibility index (Phi) is 3.38. The molecular formula is C10H20O. The van der Waals surface area contributed by atoms with Gasteiger partial charge in [-0.1, -0.05) is 20.3 Å². The van der Waals surface area contributed by atoms with E-state index in [1.807, 2.05) is 0 Å². The molecule has 0 N–H and O–H groups in total. The predicted octanol–water partition coefficient (Wildman–Crippen LogP) is 2.99. The third-order valence-corrected chi connectivity index (χ3v) is 2.76. The summed E-state index contributed by atoms with van der Waals surface area (Å²) >= 11 is 0. The number of ether oxygens (including phenoxy) is 1. The quantitative estimate of drug-likeness (QED) is 0.537. The van der Waals surface area contributed by atoms with E-state index in [1.54, 1.807) is 0 Å². The fraction of sp³-hybridized carbons (Fsp3) is 1.00. The SMILES string of the molecule is CCCCOCC1(CC)CC1. The van der Waals surface area contributed by atoms with Crippen molar-refractivity contribution >= 4 is 0 Å². The van der Waals surface area contributed by atoms with E-state index in [9.17, 15) is 0 Å². The molecule has 0 radical (unpaired) electrons. The molecule has 66 valence electrons. The van der Waals surface area contributed by atoms with Gasteiger partial charge in [-0.3, -0.25) is 0 Å². The van der Waals surface area contributed by atoms with E-state index in [1.165, 1.54) is 32.1 Å². The highest BCUT2D eigenvalue weighted by atomic mass is 16.5. The molecule has 0 amide bonds. The standard InChI is InChI=1S/C10H20O/c1-3-5-8-11-9-10(4-2)6-7-10/h3-9H2,1-2H3. The van der Waals surface area contributed by atoms with Gasteiger partial charge in [0.05, 0.1) is 6.61 Å². The van der Waals surface area contributed by atoms with Crippen molar-refractivity contribution in [1.82, 2.24) is 0 Å². The second kappa shape index (κ2) is 4.10. The number of hydrogen-bond donors (Lipinski definition) is 0. The minimum Gasteiger partial charge on any atom is -0.381 e. The Hall–Kier alpha value is -0.0400. The lowest BCUT2D eigenvalue weighted by atomic mass is 10.1. The molecule has 1 saturated carbocycles. The molecule has 0 unspecified atom stereocenters. The van der Waals surface area contributed by atoms with Gasteiger partial charge in [0.15, 0.2) is 0 Å². The zero-order valence-electron chi connectivity index (χ0n) is 7.86. The smallest absolute Gasteiger partial charge is 0.0522 e. The normalized spacial score (nSPS) is 20.2. The molecule has 1 rings (SSSR count). The first kappa shape index (κ1) is 9.05. The van der Waals surface area contributed by atoms with E-state index in [2.05, 4.69) is 13.8 Å². The Morgan fingerprint density at radius 2 is 2.00 bits per heavy atom. The molecule has 1 fully saturated rings. The Morgan fingerprint density at radius 3 is 2.45 bits per heavy atom. The van der Waals surface area contributed by atoms with Crippen LogP contribution in [0.2, 0.25) is 0 Å². The second-order valence-corrected chi connectivity index (χ2v) is 3.76. The summed E-state index contributed by atoms with van der Waals surface area (Å²) in [5.41, 5.74) is 0.619. The third kappa shape index (κ3) is 2.82. The van der Waals surface area contributed by atoms with Gasteiger partial charge in [0, 0.05) is 6.61 Å². The Balaban J connectivity index is 1.94. The van der Waals surface area contributed by atoms with Crippen LogP contribution in [0.3, 0.4) is 0 Å². The van der Waals surface area contributed by atoms with Gasteiger partial charge in [0.2, 0.25) is 0 Å². The molecule has 1 nitrogen and oxygen atoms in total. The maximum absolute atomic E-state index is 5.59. The van der Waals surface area contributed by atoms with E-state index in [0.29, 0.717) is 5.41 Å². The minimum atomic E-state index is 0.619. The molecule has 0 aromatic rings. The Bertz CT molecular complexity index is 105. The van der Waals surface area contributed by atoms with Crippen LogP contribution in [0.15, 0.2) is 0 Å². The van der Waals surface area contributed by atoms with Crippen LogP contribution in [0.4, 0.5) is 0 Å². The Labute approximate surface area is 70.1 Å². The van der Waals surface area contributed by atoms with Gasteiger partial charge in [-0.15, -0.1) is 0 Å². The molecule has 0 heterocycles. The van der Waals surface area contributed by atoms with E-state index in [4.69, 9.17) is 4.74 Å². The van der Waals surface area contributed by atoms with E-state index < -0.39 is 0 Å². The molecule has 1 heteroatoms. The van der Waals surface area contributed by atoms with E-state index in [0.717, 1.165) is 13.2 Å². The van der Waals surface area contributed by atoms with Gasteiger partial charge >= 0.3 is 0 Å². The molecule has 1 aliphatic carbocycles. The molecule has 0 spiro atoms. The van der Waals surface area contributed by atoms with Crippen LogP contribution in [-0.4, -0.2) is 13.2 Å². The molecule has 0 aromatic carbocycles. The highest BCUT2D eigenvalue weighted by Gasteiger charge is 2.40. The lowest BCUT2D eigenvalue weighted by molar-refractivity contribution is 0.0865. The Morgan fingerprint density at radius 1 is 1.27 bits per heavy atom. The van der Waals surface area contributed by atoms with Crippen LogP contribution in [-0.2, 0) is 4.74 Å². The molecule has 0 aromatic heterocycles. The highest BCUT2D eigenvalue weighted by molar-refractivity contribution is 4.91. The average Bonchev–Trinajstić information content (AvgIpc) is 2.80. The van der Waals surface area contributed by atoms with Gasteiger partial charge in [-0.05, 0) is 31.1 Å². The fourth-order valence-corrected chi connectivity index (χ4v) is 1.31. The van der Waals surface area contributed by atoms with Crippen molar-refractivity contribution in [2.45, 2.75) is 46.0 Å². The van der Waals surface area contributed by atoms with Gasteiger partial charge in [-0.25, -0.2) is 0 Å². The molecular weight excluding hydrogens is 136 g/mol. The van der Waals surface area contributed by atoms with Crippen LogP contribution >= 0.6 is 0 Å². The molecule has 0 aliphatic heterocycles. The van der Waals surface area contributed by atoms with Crippen LogP contribution < -0.4 is 0 Å². The molecule has 0 atom stereocenters. The fourth-order valence-electron chi connectivity index (χ4n) is 1.31. The summed E-state index contributed by atoms with van der Waals surface area (Å²) in [6.45, 7) is 6.47. The summed E-state index contributed by atoms with van der Waals surface area (Å²) in [6, 6.07) is 0. The molecule has 0 saturated heterocycles. The van der Waals surface area contributed by atoms with Crippen molar-refractivity contribution in [3.05, 3.63) is 0 Å². The zero-order valence-corrected chi connectivity index (χ0v) is 7.86. The topological polar surface area (TPSA) is 9.23 Å². The minimum absolute atomic E-state index is 0.619. The summed E-state index contributed by atoms with van der Waals surface area (Å²) < 4.78 is 5.59. The zero-order chi connectivity index (χ0) is 8.16. The molecule has 1 aliphatic rings. The number of unbranched alkanes of at least 4 members (excludes halogenated alkanes) is 1. The largest absolute Gasteiger partial charge is 0.381 e. The van der Waals surface area contributed by atoms with Crippen LogP contribution in [0.25, 0.3) is 0 Å². The van der Waals surface area contributed by atoms with Crippen molar-refractivity contribution in [1.29, 1.82) is 0 Å². The van der Waals surface area contributed by atoms with Crippen LogP contribution in [0.5, 0.6) is 0 Å². The van der Waals surface area contributed by atoms with E-state index >= 15 is 0 Å². The van der Waals surface area contributed by atoms with Crippen molar-refractivity contribution < 1.29 is 4.74 Å². The van der Waals surface area contributed by atoms with E-state index in [-0.39, 0.29) is 0 Å². The maximum atomic E-state index is 5.59. The monoisotopic (exact) mass is 156 g/mol. The van der Waals surface area contributed by atoms with Crippen molar-refractivity contribution in [2.75, 3.05) is 13.2 Å². The third-order valence-electron chi connectivity index (χ3n) is 2.76. The second-order valence-electron chi connectivity index (χ2n) is 3.76. The summed E-state index contributed by atoms with van der Waals surface area (Å²) in [4.78, 5) is 0. The van der Waals surface area contributed by atoms with Crippen molar-refractivity contribution in [2.24, 2.45) is 5.41 Å². The summed E-state index contributed by atoms with van der Waals surface area (Å²) in [7, 11) is 0. The molecule has 0 bridgehead atoms. The first-order valence-electron chi connectivity index (χ1n) is 4.91. The lowest BCUT2D eigenvalue weighted by Crippen LogP contribution is -2.09.